The number of carbonyl (C=O) groups is 2. The maximum atomic E-state index is 13.3. The molecule has 3 unspecified atom stereocenters. The first-order valence-corrected chi connectivity index (χ1v) is 13.6. The Labute approximate surface area is 214 Å². The third kappa shape index (κ3) is 4.86. The standard InChI is InChI=1S/C27H35N6O2P/c1-33-25(29)23(27(35)31-21-6-7-22(36)20(12-21)13-28)24(32-33)19-10-17-8-15(9-18(17)11-19)14-30-26(34)16-4-2-3-5-16/h6-7,12,15-19H,2-5,8-11,14,29,36H2,1H3,(H,30,34)(H,31,35). The second kappa shape index (κ2) is 10.2. The molecule has 3 atom stereocenters. The van der Waals surface area contributed by atoms with Gasteiger partial charge in [0.05, 0.1) is 17.3 Å². The highest BCUT2D eigenvalue weighted by atomic mass is 31.0. The van der Waals surface area contributed by atoms with Crippen LogP contribution < -0.4 is 21.7 Å². The van der Waals surface area contributed by atoms with E-state index in [9.17, 15) is 14.9 Å². The number of hydrogen-bond acceptors (Lipinski definition) is 5. The number of nitrogen functional groups attached to an aromatic ring is 1. The van der Waals surface area contributed by atoms with E-state index in [0.717, 1.165) is 56.1 Å². The molecule has 2 amide bonds. The van der Waals surface area contributed by atoms with Crippen LogP contribution in [0.25, 0.3) is 0 Å². The SMILES string of the molecule is Cn1nc(C2CC3CC(CNC(=O)C4CCCC4)CC3C2)c(C(=O)Nc2ccc(P)c(C#N)c2)c1N. The molecule has 2 aromatic rings. The normalized spacial score (nSPS) is 25.5. The Hall–Kier alpha value is -2.91. The Bertz CT molecular complexity index is 1200. The van der Waals surface area contributed by atoms with Crippen molar-refractivity contribution in [3.8, 4) is 6.07 Å². The van der Waals surface area contributed by atoms with Gasteiger partial charge in [0.1, 0.15) is 11.4 Å². The average Bonchev–Trinajstić information content (AvgIpc) is 3.63. The van der Waals surface area contributed by atoms with Crippen molar-refractivity contribution >= 4 is 37.9 Å². The number of aromatic nitrogens is 2. The highest BCUT2D eigenvalue weighted by molar-refractivity contribution is 7.27. The van der Waals surface area contributed by atoms with E-state index >= 15 is 0 Å². The third-order valence-corrected chi connectivity index (χ3v) is 9.07. The molecule has 0 saturated heterocycles. The number of rotatable bonds is 6. The molecule has 3 saturated carbocycles. The van der Waals surface area contributed by atoms with Crippen LogP contribution in [0.4, 0.5) is 11.5 Å². The summed E-state index contributed by atoms with van der Waals surface area (Å²) in [7, 11) is 4.29. The van der Waals surface area contributed by atoms with Gasteiger partial charge in [-0.2, -0.15) is 10.4 Å². The fourth-order valence-electron chi connectivity index (χ4n) is 6.71. The number of fused-ring (bicyclic) bond motifs is 1. The number of nitriles is 1. The summed E-state index contributed by atoms with van der Waals surface area (Å²) in [4.78, 5) is 25.7. The number of nitrogens with two attached hydrogens (primary N) is 1. The van der Waals surface area contributed by atoms with Gasteiger partial charge in [-0.3, -0.25) is 14.3 Å². The predicted molar refractivity (Wildman–Crippen MR) is 143 cm³/mol. The smallest absolute Gasteiger partial charge is 0.261 e. The molecule has 0 radical (unpaired) electrons. The number of anilines is 2. The lowest BCUT2D eigenvalue weighted by Gasteiger charge is -2.17. The van der Waals surface area contributed by atoms with Crippen molar-refractivity contribution in [3.63, 3.8) is 0 Å². The van der Waals surface area contributed by atoms with Crippen LogP contribution in [0.2, 0.25) is 0 Å². The molecule has 0 aliphatic heterocycles. The molecule has 3 aliphatic rings. The Balaban J connectivity index is 1.23. The van der Waals surface area contributed by atoms with Crippen LogP contribution in [-0.2, 0) is 11.8 Å². The van der Waals surface area contributed by atoms with Crippen LogP contribution in [0.5, 0.6) is 0 Å². The Morgan fingerprint density at radius 3 is 2.56 bits per heavy atom. The maximum absolute atomic E-state index is 13.3. The number of nitrogens with zero attached hydrogens (tertiary/aromatic N) is 3. The zero-order valence-corrected chi connectivity index (χ0v) is 22.0. The Morgan fingerprint density at radius 1 is 1.19 bits per heavy atom. The van der Waals surface area contributed by atoms with Gasteiger partial charge < -0.3 is 16.4 Å². The second-order valence-corrected chi connectivity index (χ2v) is 11.5. The van der Waals surface area contributed by atoms with E-state index in [4.69, 9.17) is 5.73 Å². The molecular formula is C27H35N6O2P. The molecule has 8 nitrogen and oxygen atoms in total. The van der Waals surface area contributed by atoms with Gasteiger partial charge >= 0.3 is 0 Å². The van der Waals surface area contributed by atoms with Gasteiger partial charge in [-0.25, -0.2) is 0 Å². The molecule has 0 spiro atoms. The minimum Gasteiger partial charge on any atom is -0.383 e. The lowest BCUT2D eigenvalue weighted by Crippen LogP contribution is -2.33. The summed E-state index contributed by atoms with van der Waals surface area (Å²) in [5, 5.41) is 20.9. The van der Waals surface area contributed by atoms with E-state index in [1.165, 1.54) is 12.8 Å². The van der Waals surface area contributed by atoms with Gasteiger partial charge in [0.15, 0.2) is 0 Å². The summed E-state index contributed by atoms with van der Waals surface area (Å²) in [6.45, 7) is 0.789. The summed E-state index contributed by atoms with van der Waals surface area (Å²) in [6.07, 6.45) is 8.66. The fourth-order valence-corrected chi connectivity index (χ4v) is 6.95. The van der Waals surface area contributed by atoms with Crippen LogP contribution in [0.15, 0.2) is 18.2 Å². The number of hydrogen-bond donors (Lipinski definition) is 3. The van der Waals surface area contributed by atoms with Crippen molar-refractivity contribution < 1.29 is 9.59 Å². The molecule has 4 N–H and O–H groups in total. The summed E-state index contributed by atoms with van der Waals surface area (Å²) < 4.78 is 1.59. The minimum absolute atomic E-state index is 0.197. The number of amides is 2. The molecule has 5 rings (SSSR count). The summed E-state index contributed by atoms with van der Waals surface area (Å²) in [6, 6.07) is 7.37. The fraction of sp³-hybridized carbons (Fsp3) is 0.556. The number of benzene rings is 1. The minimum atomic E-state index is -0.291. The van der Waals surface area contributed by atoms with E-state index in [0.29, 0.717) is 40.4 Å². The topological polar surface area (TPSA) is 126 Å². The molecule has 1 aromatic heterocycles. The van der Waals surface area contributed by atoms with E-state index in [1.54, 1.807) is 29.9 Å². The van der Waals surface area contributed by atoms with Crippen LogP contribution in [-0.4, -0.2) is 28.1 Å². The van der Waals surface area contributed by atoms with Gasteiger partial charge in [-0.05, 0) is 73.7 Å². The third-order valence-electron chi connectivity index (χ3n) is 8.57. The lowest BCUT2D eigenvalue weighted by atomic mass is 9.93. The van der Waals surface area contributed by atoms with Crippen molar-refractivity contribution in [2.24, 2.45) is 30.7 Å². The highest BCUT2D eigenvalue weighted by Gasteiger charge is 2.44. The van der Waals surface area contributed by atoms with Crippen molar-refractivity contribution in [3.05, 3.63) is 35.0 Å². The second-order valence-electron chi connectivity index (χ2n) is 10.9. The summed E-state index contributed by atoms with van der Waals surface area (Å²) in [5.41, 5.74) is 8.58. The molecule has 0 bridgehead atoms. The lowest BCUT2D eigenvalue weighted by molar-refractivity contribution is -0.125. The first-order chi connectivity index (χ1) is 17.3. The molecule has 3 aliphatic carbocycles. The first kappa shape index (κ1) is 24.8. The van der Waals surface area contributed by atoms with E-state index < -0.39 is 0 Å². The number of carbonyl (C=O) groups excluding carboxylic acids is 2. The van der Waals surface area contributed by atoms with E-state index in [-0.39, 0.29) is 23.7 Å². The van der Waals surface area contributed by atoms with Gasteiger partial charge in [-0.1, -0.05) is 18.9 Å². The first-order valence-electron chi connectivity index (χ1n) is 13.0. The number of nitrogens with one attached hydrogen (secondary N) is 2. The van der Waals surface area contributed by atoms with Gasteiger partial charge in [0, 0.05) is 31.1 Å². The highest BCUT2D eigenvalue weighted by Crippen LogP contribution is 2.53. The van der Waals surface area contributed by atoms with Crippen LogP contribution >= 0.6 is 9.24 Å². The zero-order chi connectivity index (χ0) is 25.4. The van der Waals surface area contributed by atoms with Crippen LogP contribution in [0.1, 0.15) is 78.9 Å². The van der Waals surface area contributed by atoms with Crippen molar-refractivity contribution in [2.75, 3.05) is 17.6 Å². The van der Waals surface area contributed by atoms with Gasteiger partial charge in [0.25, 0.3) is 5.91 Å². The maximum Gasteiger partial charge on any atom is 0.261 e. The van der Waals surface area contributed by atoms with E-state index in [1.807, 2.05) is 0 Å². The Morgan fingerprint density at radius 2 is 1.89 bits per heavy atom. The molecule has 1 heterocycles. The van der Waals surface area contributed by atoms with Gasteiger partial charge in [0.2, 0.25) is 5.91 Å². The largest absolute Gasteiger partial charge is 0.383 e. The average molecular weight is 507 g/mol. The summed E-state index contributed by atoms with van der Waals surface area (Å²) >= 11 is 0. The summed E-state index contributed by atoms with van der Waals surface area (Å²) in [5.74, 6) is 2.46. The predicted octanol–water partition coefficient (Wildman–Crippen LogP) is 3.45. The van der Waals surface area contributed by atoms with Crippen LogP contribution in [0.3, 0.4) is 0 Å². The van der Waals surface area contributed by atoms with Crippen molar-refractivity contribution in [1.82, 2.24) is 15.1 Å². The molecule has 190 valence electrons. The monoisotopic (exact) mass is 506 g/mol. The van der Waals surface area contributed by atoms with Crippen molar-refractivity contribution in [1.29, 1.82) is 5.26 Å². The molecule has 1 aromatic carbocycles. The molecule has 3 fully saturated rings. The van der Waals surface area contributed by atoms with E-state index in [2.05, 4.69) is 31.0 Å². The Kier molecular flexibility index (Phi) is 7.03. The zero-order valence-electron chi connectivity index (χ0n) is 20.8. The molecule has 36 heavy (non-hydrogen) atoms. The van der Waals surface area contributed by atoms with Gasteiger partial charge in [-0.15, -0.1) is 9.24 Å². The number of aryl methyl sites for hydroxylation is 1. The van der Waals surface area contributed by atoms with Crippen molar-refractivity contribution in [2.45, 2.75) is 57.3 Å². The molecular weight excluding hydrogens is 471 g/mol. The quantitative estimate of drug-likeness (QED) is 0.518. The molecule has 9 heteroatoms. The van der Waals surface area contributed by atoms with Crippen LogP contribution in [0, 0.1) is 35.0 Å².